The van der Waals surface area contributed by atoms with E-state index in [1.54, 1.807) is 0 Å². The second kappa shape index (κ2) is 13.2. The summed E-state index contributed by atoms with van der Waals surface area (Å²) in [6.45, 7) is 8.41. The molecule has 0 saturated carbocycles. The fraction of sp³-hybridized carbons (Fsp3) is 0.519. The third-order valence-corrected chi connectivity index (χ3v) is 5.95. The van der Waals surface area contributed by atoms with Gasteiger partial charge >= 0.3 is 0 Å². The molecule has 1 amide bonds. The summed E-state index contributed by atoms with van der Waals surface area (Å²) in [6, 6.07) is 17.9. The third kappa shape index (κ3) is 8.29. The minimum atomic E-state index is -0.0957. The van der Waals surface area contributed by atoms with E-state index in [1.807, 2.05) is 42.5 Å². The smallest absolute Gasteiger partial charge is 0.224 e. The van der Waals surface area contributed by atoms with E-state index < -0.39 is 0 Å². The Kier molecular flexibility index (Phi) is 10.0. The summed E-state index contributed by atoms with van der Waals surface area (Å²) in [6.07, 6.45) is 3.82. The Morgan fingerprint density at radius 3 is 2.62 bits per heavy atom. The predicted molar refractivity (Wildman–Crippen MR) is 129 cm³/mol. The zero-order valence-electron chi connectivity index (χ0n) is 19.5. The molecule has 2 aromatic carbocycles. The van der Waals surface area contributed by atoms with Crippen molar-refractivity contribution in [2.75, 3.05) is 32.9 Å². The highest BCUT2D eigenvalue weighted by Gasteiger charge is 2.18. The lowest BCUT2D eigenvalue weighted by Gasteiger charge is -2.21. The largest absolute Gasteiger partial charge is 0.493 e. The van der Waals surface area contributed by atoms with Gasteiger partial charge in [-0.3, -0.25) is 4.79 Å². The van der Waals surface area contributed by atoms with Crippen LogP contribution in [0.2, 0.25) is 0 Å². The van der Waals surface area contributed by atoms with Crippen LogP contribution in [-0.2, 0) is 16.0 Å². The van der Waals surface area contributed by atoms with Gasteiger partial charge in [-0.25, -0.2) is 0 Å². The number of hydrogen-bond acceptors (Lipinski definition) is 4. The first-order valence-electron chi connectivity index (χ1n) is 12.0. The average Bonchev–Trinajstić information content (AvgIpc) is 3.32. The van der Waals surface area contributed by atoms with E-state index in [9.17, 15) is 4.79 Å². The van der Waals surface area contributed by atoms with E-state index in [4.69, 9.17) is 9.47 Å². The van der Waals surface area contributed by atoms with Crippen molar-refractivity contribution in [1.29, 1.82) is 0 Å². The molecule has 174 valence electrons. The molecular formula is C27H38N2O3. The second-order valence-electron chi connectivity index (χ2n) is 8.94. The SMILES string of the molecule is CCCC(C)COc1ccc([C@H](CNCC2CCOC2)NC(=O)Cc2ccccc2)cc1. The molecule has 2 N–H and O–H groups in total. The van der Waals surface area contributed by atoms with E-state index in [-0.39, 0.29) is 11.9 Å². The maximum atomic E-state index is 12.7. The van der Waals surface area contributed by atoms with Gasteiger partial charge in [-0.15, -0.1) is 0 Å². The van der Waals surface area contributed by atoms with Crippen LogP contribution in [-0.4, -0.2) is 38.8 Å². The Hall–Kier alpha value is -2.37. The molecule has 0 bridgehead atoms. The van der Waals surface area contributed by atoms with Crippen LogP contribution in [0.15, 0.2) is 54.6 Å². The molecule has 5 heteroatoms. The van der Waals surface area contributed by atoms with Crippen LogP contribution in [0.1, 0.15) is 50.3 Å². The van der Waals surface area contributed by atoms with Crippen molar-refractivity contribution in [2.24, 2.45) is 11.8 Å². The lowest BCUT2D eigenvalue weighted by atomic mass is 10.0. The van der Waals surface area contributed by atoms with E-state index in [2.05, 4.69) is 36.6 Å². The van der Waals surface area contributed by atoms with E-state index in [0.29, 0.717) is 24.8 Å². The first-order valence-corrected chi connectivity index (χ1v) is 12.0. The lowest BCUT2D eigenvalue weighted by Crippen LogP contribution is -2.38. The topological polar surface area (TPSA) is 59.6 Å². The van der Waals surface area contributed by atoms with Gasteiger partial charge in [0.05, 0.1) is 25.7 Å². The maximum Gasteiger partial charge on any atom is 0.224 e. The highest BCUT2D eigenvalue weighted by atomic mass is 16.5. The molecule has 1 heterocycles. The molecule has 0 spiro atoms. The summed E-state index contributed by atoms with van der Waals surface area (Å²) in [4.78, 5) is 12.7. The Morgan fingerprint density at radius 2 is 1.94 bits per heavy atom. The Balaban J connectivity index is 1.59. The quantitative estimate of drug-likeness (QED) is 0.482. The van der Waals surface area contributed by atoms with Crippen LogP contribution < -0.4 is 15.4 Å². The zero-order chi connectivity index (χ0) is 22.6. The first-order chi connectivity index (χ1) is 15.6. The van der Waals surface area contributed by atoms with Gasteiger partial charge in [-0.05, 0) is 47.9 Å². The summed E-state index contributed by atoms with van der Waals surface area (Å²) in [5, 5.41) is 6.76. The molecular weight excluding hydrogens is 400 g/mol. The monoisotopic (exact) mass is 438 g/mol. The molecule has 2 unspecified atom stereocenters. The fourth-order valence-corrected chi connectivity index (χ4v) is 4.07. The molecule has 1 aliphatic rings. The highest BCUT2D eigenvalue weighted by Crippen LogP contribution is 2.20. The zero-order valence-corrected chi connectivity index (χ0v) is 19.5. The number of ether oxygens (including phenoxy) is 2. The number of amides is 1. The predicted octanol–water partition coefficient (Wildman–Crippen LogP) is 4.53. The number of carbonyl (C=O) groups is 1. The second-order valence-corrected chi connectivity index (χ2v) is 8.94. The number of carbonyl (C=O) groups excluding carboxylic acids is 1. The van der Waals surface area contributed by atoms with Crippen molar-refractivity contribution >= 4 is 5.91 Å². The van der Waals surface area contributed by atoms with Crippen molar-refractivity contribution in [1.82, 2.24) is 10.6 Å². The van der Waals surface area contributed by atoms with Crippen molar-refractivity contribution in [3.05, 3.63) is 65.7 Å². The highest BCUT2D eigenvalue weighted by molar-refractivity contribution is 5.79. The summed E-state index contributed by atoms with van der Waals surface area (Å²) < 4.78 is 11.4. The summed E-state index contributed by atoms with van der Waals surface area (Å²) in [5.74, 6) is 2.01. The third-order valence-electron chi connectivity index (χ3n) is 5.95. The number of hydrogen-bond donors (Lipinski definition) is 2. The fourth-order valence-electron chi connectivity index (χ4n) is 4.07. The molecule has 1 saturated heterocycles. The van der Waals surface area contributed by atoms with Crippen LogP contribution >= 0.6 is 0 Å². The van der Waals surface area contributed by atoms with Gasteiger partial charge < -0.3 is 20.1 Å². The molecule has 3 rings (SSSR count). The summed E-state index contributed by atoms with van der Waals surface area (Å²) in [7, 11) is 0. The number of nitrogens with one attached hydrogen (secondary N) is 2. The minimum Gasteiger partial charge on any atom is -0.493 e. The molecule has 1 aliphatic heterocycles. The normalized spacial score (nSPS) is 17.6. The Labute approximate surface area is 192 Å². The molecule has 5 nitrogen and oxygen atoms in total. The lowest BCUT2D eigenvalue weighted by molar-refractivity contribution is -0.121. The van der Waals surface area contributed by atoms with Crippen LogP contribution in [0.3, 0.4) is 0 Å². The van der Waals surface area contributed by atoms with Gasteiger partial charge in [0.15, 0.2) is 0 Å². The molecule has 2 aromatic rings. The van der Waals surface area contributed by atoms with Gasteiger partial charge in [0.1, 0.15) is 5.75 Å². The van der Waals surface area contributed by atoms with Crippen LogP contribution in [0.4, 0.5) is 0 Å². The molecule has 0 radical (unpaired) electrons. The van der Waals surface area contributed by atoms with Crippen molar-refractivity contribution in [3.8, 4) is 5.75 Å². The van der Waals surface area contributed by atoms with Gasteiger partial charge in [0.25, 0.3) is 0 Å². The molecule has 3 atom stereocenters. The summed E-state index contributed by atoms with van der Waals surface area (Å²) >= 11 is 0. The molecule has 0 aromatic heterocycles. The Morgan fingerprint density at radius 1 is 1.16 bits per heavy atom. The standard InChI is InChI=1S/C27H38N2O3/c1-3-7-21(2)19-32-25-12-10-24(11-13-25)26(18-28-17-23-14-15-31-20-23)29-27(30)16-22-8-5-4-6-9-22/h4-6,8-13,21,23,26,28H,3,7,14-20H2,1-2H3,(H,29,30)/t21?,23?,26-/m0/s1. The van der Waals surface area contributed by atoms with Gasteiger partial charge in [-0.2, -0.15) is 0 Å². The van der Waals surface area contributed by atoms with Gasteiger partial charge in [0, 0.05) is 19.7 Å². The van der Waals surface area contributed by atoms with Crippen molar-refractivity contribution in [2.45, 2.75) is 45.6 Å². The maximum absolute atomic E-state index is 12.7. The number of benzene rings is 2. The molecule has 0 aliphatic carbocycles. The van der Waals surface area contributed by atoms with Gasteiger partial charge in [-0.1, -0.05) is 62.7 Å². The average molecular weight is 439 g/mol. The van der Waals surface area contributed by atoms with E-state index >= 15 is 0 Å². The summed E-state index contributed by atoms with van der Waals surface area (Å²) in [5.41, 5.74) is 2.10. The van der Waals surface area contributed by atoms with Crippen LogP contribution in [0.25, 0.3) is 0 Å². The van der Waals surface area contributed by atoms with E-state index in [1.165, 1.54) is 12.8 Å². The van der Waals surface area contributed by atoms with Gasteiger partial charge in [0.2, 0.25) is 5.91 Å². The van der Waals surface area contributed by atoms with Crippen molar-refractivity contribution < 1.29 is 14.3 Å². The first kappa shape index (κ1) is 24.3. The molecule has 1 fully saturated rings. The van der Waals surface area contributed by atoms with Crippen LogP contribution in [0.5, 0.6) is 5.75 Å². The Bertz CT molecular complexity index is 788. The van der Waals surface area contributed by atoms with Crippen LogP contribution in [0, 0.1) is 11.8 Å². The van der Waals surface area contributed by atoms with E-state index in [0.717, 1.165) is 49.7 Å². The minimum absolute atomic E-state index is 0.0286. The number of rotatable bonds is 13. The molecule has 32 heavy (non-hydrogen) atoms. The van der Waals surface area contributed by atoms with Crippen molar-refractivity contribution in [3.63, 3.8) is 0 Å².